The van der Waals surface area contributed by atoms with Gasteiger partial charge in [-0.05, 0) is 12.1 Å². The van der Waals surface area contributed by atoms with E-state index in [1.165, 1.54) is 0 Å². The maximum atomic E-state index is 12.0. The first-order valence-corrected chi connectivity index (χ1v) is 7.09. The van der Waals surface area contributed by atoms with Crippen molar-refractivity contribution in [1.82, 2.24) is 0 Å². The number of hydrogen-bond donors (Lipinski definition) is 2. The lowest BCUT2D eigenvalue weighted by atomic mass is 10.2. The number of amides is 1. The van der Waals surface area contributed by atoms with Crippen molar-refractivity contribution in [3.8, 4) is 5.75 Å². The lowest BCUT2D eigenvalue weighted by molar-refractivity contribution is -0.118. The second kappa shape index (κ2) is 7.97. The zero-order valence-corrected chi connectivity index (χ0v) is 12.2. The number of benzene rings is 1. The molecule has 1 amide bonds. The number of methoxy groups -OCH3 is 1. The summed E-state index contributed by atoms with van der Waals surface area (Å²) >= 11 is 0. The SMILES string of the molecule is COC(CN)CC(=O)Nc1ccccc1OC1CCOC1. The van der Waals surface area contributed by atoms with Gasteiger partial charge in [0, 0.05) is 20.1 Å². The fourth-order valence-corrected chi connectivity index (χ4v) is 2.13. The minimum absolute atomic E-state index is 0.0406. The van der Waals surface area contributed by atoms with E-state index in [0.29, 0.717) is 31.2 Å². The van der Waals surface area contributed by atoms with Crippen LogP contribution in [0.2, 0.25) is 0 Å². The lowest BCUT2D eigenvalue weighted by Gasteiger charge is -2.17. The summed E-state index contributed by atoms with van der Waals surface area (Å²) in [6.07, 6.45) is 0.842. The highest BCUT2D eigenvalue weighted by Crippen LogP contribution is 2.26. The minimum Gasteiger partial charge on any atom is -0.486 e. The van der Waals surface area contributed by atoms with E-state index in [2.05, 4.69) is 5.32 Å². The van der Waals surface area contributed by atoms with Gasteiger partial charge in [0.15, 0.2) is 0 Å². The molecule has 3 N–H and O–H groups in total. The van der Waals surface area contributed by atoms with Crippen molar-refractivity contribution >= 4 is 11.6 Å². The van der Waals surface area contributed by atoms with Gasteiger partial charge in [-0.3, -0.25) is 4.79 Å². The number of ether oxygens (including phenoxy) is 3. The molecule has 0 aromatic heterocycles. The molecule has 1 saturated heterocycles. The van der Waals surface area contributed by atoms with Crippen LogP contribution in [0.3, 0.4) is 0 Å². The van der Waals surface area contributed by atoms with Crippen LogP contribution in [0.1, 0.15) is 12.8 Å². The predicted molar refractivity (Wildman–Crippen MR) is 79.4 cm³/mol. The molecular formula is C15H22N2O4. The molecule has 2 rings (SSSR count). The molecule has 1 aliphatic rings. The molecule has 0 aliphatic carbocycles. The lowest BCUT2D eigenvalue weighted by Crippen LogP contribution is -2.28. The van der Waals surface area contributed by atoms with E-state index >= 15 is 0 Å². The zero-order chi connectivity index (χ0) is 15.1. The van der Waals surface area contributed by atoms with Gasteiger partial charge in [-0.15, -0.1) is 0 Å². The summed E-state index contributed by atoms with van der Waals surface area (Å²) < 4.78 is 16.3. The number of rotatable bonds is 7. The first kappa shape index (κ1) is 15.8. The third-order valence-electron chi connectivity index (χ3n) is 3.35. The Kier molecular flexibility index (Phi) is 5.98. The van der Waals surface area contributed by atoms with Crippen LogP contribution in [0.4, 0.5) is 5.69 Å². The predicted octanol–water partition coefficient (Wildman–Crippen LogP) is 1.16. The maximum absolute atomic E-state index is 12.0. The summed E-state index contributed by atoms with van der Waals surface area (Å²) in [6, 6.07) is 7.38. The number of carbonyl (C=O) groups excluding carboxylic acids is 1. The largest absolute Gasteiger partial charge is 0.486 e. The topological polar surface area (TPSA) is 82.8 Å². The van der Waals surface area contributed by atoms with E-state index in [1.807, 2.05) is 24.3 Å². The number of nitrogens with two attached hydrogens (primary N) is 1. The molecule has 6 heteroatoms. The van der Waals surface area contributed by atoms with Gasteiger partial charge in [0.1, 0.15) is 11.9 Å². The van der Waals surface area contributed by atoms with Crippen LogP contribution in [0.5, 0.6) is 5.75 Å². The molecule has 1 heterocycles. The third-order valence-corrected chi connectivity index (χ3v) is 3.35. The van der Waals surface area contributed by atoms with Crippen molar-refractivity contribution in [2.45, 2.75) is 25.0 Å². The molecule has 1 aromatic carbocycles. The van der Waals surface area contributed by atoms with Crippen LogP contribution >= 0.6 is 0 Å². The van der Waals surface area contributed by atoms with E-state index in [1.54, 1.807) is 7.11 Å². The van der Waals surface area contributed by atoms with Gasteiger partial charge in [-0.1, -0.05) is 12.1 Å². The Bertz CT molecular complexity index is 457. The van der Waals surface area contributed by atoms with E-state index in [-0.39, 0.29) is 24.5 Å². The van der Waals surface area contributed by atoms with Gasteiger partial charge in [0.05, 0.1) is 31.4 Å². The normalized spacial score (nSPS) is 19.2. The van der Waals surface area contributed by atoms with Crippen LogP contribution in [-0.4, -0.2) is 45.0 Å². The molecule has 116 valence electrons. The molecule has 2 unspecified atom stereocenters. The molecule has 1 aromatic rings. The maximum Gasteiger partial charge on any atom is 0.227 e. The number of carbonyl (C=O) groups is 1. The summed E-state index contributed by atoms with van der Waals surface area (Å²) in [6.45, 7) is 1.61. The van der Waals surface area contributed by atoms with Crippen molar-refractivity contribution in [1.29, 1.82) is 0 Å². The number of hydrogen-bond acceptors (Lipinski definition) is 5. The molecule has 0 spiro atoms. The number of para-hydroxylation sites is 2. The first-order chi connectivity index (χ1) is 10.2. The van der Waals surface area contributed by atoms with Crippen LogP contribution in [0.15, 0.2) is 24.3 Å². The molecule has 0 radical (unpaired) electrons. The van der Waals surface area contributed by atoms with Crippen molar-refractivity contribution in [3.63, 3.8) is 0 Å². The minimum atomic E-state index is -0.277. The molecule has 0 bridgehead atoms. The Morgan fingerprint density at radius 3 is 3.00 bits per heavy atom. The van der Waals surface area contributed by atoms with Crippen LogP contribution < -0.4 is 15.8 Å². The number of nitrogens with one attached hydrogen (secondary N) is 1. The highest BCUT2D eigenvalue weighted by Gasteiger charge is 2.19. The van der Waals surface area contributed by atoms with Gasteiger partial charge in [-0.2, -0.15) is 0 Å². The highest BCUT2D eigenvalue weighted by molar-refractivity contribution is 5.92. The van der Waals surface area contributed by atoms with E-state index in [0.717, 1.165) is 6.42 Å². The van der Waals surface area contributed by atoms with E-state index in [9.17, 15) is 4.79 Å². The molecule has 1 fully saturated rings. The van der Waals surface area contributed by atoms with Gasteiger partial charge in [0.2, 0.25) is 5.91 Å². The molecule has 0 saturated carbocycles. The average Bonchev–Trinajstić information content (AvgIpc) is 3.00. The molecule has 1 aliphatic heterocycles. The summed E-state index contributed by atoms with van der Waals surface area (Å²) in [7, 11) is 1.54. The van der Waals surface area contributed by atoms with Gasteiger partial charge in [0.25, 0.3) is 0 Å². The van der Waals surface area contributed by atoms with Crippen molar-refractivity contribution in [3.05, 3.63) is 24.3 Å². The quantitative estimate of drug-likeness (QED) is 0.788. The van der Waals surface area contributed by atoms with Gasteiger partial charge >= 0.3 is 0 Å². The van der Waals surface area contributed by atoms with Crippen LogP contribution in [0, 0.1) is 0 Å². The van der Waals surface area contributed by atoms with Crippen molar-refractivity contribution in [2.24, 2.45) is 5.73 Å². The van der Waals surface area contributed by atoms with Crippen LogP contribution in [-0.2, 0) is 14.3 Å². The smallest absolute Gasteiger partial charge is 0.227 e. The first-order valence-electron chi connectivity index (χ1n) is 7.09. The van der Waals surface area contributed by atoms with Gasteiger partial charge < -0.3 is 25.3 Å². The highest BCUT2D eigenvalue weighted by atomic mass is 16.5. The number of anilines is 1. The molecule has 21 heavy (non-hydrogen) atoms. The summed E-state index contributed by atoms with van der Waals surface area (Å²) in [5.74, 6) is 0.508. The molecular weight excluding hydrogens is 272 g/mol. The zero-order valence-electron chi connectivity index (χ0n) is 12.2. The van der Waals surface area contributed by atoms with E-state index < -0.39 is 0 Å². The Morgan fingerprint density at radius 1 is 1.52 bits per heavy atom. The van der Waals surface area contributed by atoms with Gasteiger partial charge in [-0.25, -0.2) is 0 Å². The Hall–Kier alpha value is -1.63. The molecule has 6 nitrogen and oxygen atoms in total. The second-order valence-corrected chi connectivity index (χ2v) is 4.95. The fourth-order valence-electron chi connectivity index (χ4n) is 2.13. The Labute approximate surface area is 124 Å². The average molecular weight is 294 g/mol. The third kappa shape index (κ3) is 4.70. The molecule has 2 atom stereocenters. The Morgan fingerprint density at radius 2 is 2.33 bits per heavy atom. The summed E-state index contributed by atoms with van der Waals surface area (Å²) in [5, 5.41) is 2.84. The standard InChI is InChI=1S/C15H22N2O4/c1-19-12(9-16)8-15(18)17-13-4-2-3-5-14(13)21-11-6-7-20-10-11/h2-5,11-12H,6-10,16H2,1H3,(H,17,18). The summed E-state index contributed by atoms with van der Waals surface area (Å²) in [5.41, 5.74) is 6.17. The van der Waals surface area contributed by atoms with Crippen LogP contribution in [0.25, 0.3) is 0 Å². The Balaban J connectivity index is 1.97. The summed E-state index contributed by atoms with van der Waals surface area (Å²) in [4.78, 5) is 12.0. The van der Waals surface area contributed by atoms with Crippen molar-refractivity contribution < 1.29 is 19.0 Å². The monoisotopic (exact) mass is 294 g/mol. The second-order valence-electron chi connectivity index (χ2n) is 4.95. The van der Waals surface area contributed by atoms with Crippen molar-refractivity contribution in [2.75, 3.05) is 32.2 Å². The van der Waals surface area contributed by atoms with E-state index in [4.69, 9.17) is 19.9 Å². The fraction of sp³-hybridized carbons (Fsp3) is 0.533.